The summed E-state index contributed by atoms with van der Waals surface area (Å²) in [5.41, 5.74) is 17.8. The summed E-state index contributed by atoms with van der Waals surface area (Å²) < 4.78 is 8.75. The predicted octanol–water partition coefficient (Wildman–Crippen LogP) is 19.1. The lowest BCUT2D eigenvalue weighted by Crippen LogP contribution is -2.10. The Labute approximate surface area is 411 Å². The Kier molecular flexibility index (Phi) is 9.53. The standard InChI is InChI=1S/C68H44N2O/c1-2-25-56-51(16-1)44-63(59-27-4-3-26-58(56)59)50-21-14-23-54(43-50)69(53-22-13-20-49(42-53)57-31-15-35-67-68(57)62-30-7-10-34-66(62)71-67)52-38-36-45(37-39-52)46-17-11-18-47(40-46)48-19-12-24-55(41-48)70-64-32-8-5-28-60(64)61-29-6-9-33-65(61)70/h1-44H. The molecule has 2 aromatic heterocycles. The molecule has 0 radical (unpaired) electrons. The minimum Gasteiger partial charge on any atom is -0.456 e. The average Bonchev–Trinajstić information content (AvgIpc) is 4.00. The van der Waals surface area contributed by atoms with Crippen LogP contribution in [-0.4, -0.2) is 4.57 Å². The van der Waals surface area contributed by atoms with E-state index in [4.69, 9.17) is 4.42 Å². The van der Waals surface area contributed by atoms with Crippen LogP contribution in [0.1, 0.15) is 0 Å². The molecule has 0 amide bonds. The van der Waals surface area contributed by atoms with Crippen molar-refractivity contribution in [3.05, 3.63) is 267 Å². The van der Waals surface area contributed by atoms with Gasteiger partial charge in [-0.05, 0) is 151 Å². The van der Waals surface area contributed by atoms with Crippen molar-refractivity contribution in [1.29, 1.82) is 0 Å². The number of aromatic nitrogens is 1. The third-order valence-electron chi connectivity index (χ3n) is 14.3. The van der Waals surface area contributed by atoms with Crippen LogP contribution in [0.3, 0.4) is 0 Å². The number of nitrogens with zero attached hydrogens (tertiary/aromatic N) is 2. The van der Waals surface area contributed by atoms with Gasteiger partial charge in [-0.3, -0.25) is 0 Å². The summed E-state index contributed by atoms with van der Waals surface area (Å²) in [6, 6.07) is 96.8. The number of fused-ring (bicyclic) bond motifs is 9. The van der Waals surface area contributed by atoms with Crippen molar-refractivity contribution >= 4 is 82.4 Å². The van der Waals surface area contributed by atoms with E-state index in [0.717, 1.165) is 72.5 Å². The maximum Gasteiger partial charge on any atom is 0.136 e. The molecule has 332 valence electrons. The van der Waals surface area contributed by atoms with Crippen LogP contribution in [0.25, 0.3) is 115 Å². The van der Waals surface area contributed by atoms with Gasteiger partial charge in [0.25, 0.3) is 0 Å². The Morgan fingerprint density at radius 2 is 0.803 bits per heavy atom. The van der Waals surface area contributed by atoms with Gasteiger partial charge in [0.05, 0.1) is 11.0 Å². The van der Waals surface area contributed by atoms with Crippen molar-refractivity contribution in [3.8, 4) is 50.2 Å². The Morgan fingerprint density at radius 3 is 1.54 bits per heavy atom. The summed E-state index contributed by atoms with van der Waals surface area (Å²) in [5, 5.41) is 9.75. The van der Waals surface area contributed by atoms with Crippen LogP contribution < -0.4 is 4.90 Å². The van der Waals surface area contributed by atoms with Crippen LogP contribution in [0.4, 0.5) is 17.1 Å². The highest BCUT2D eigenvalue weighted by atomic mass is 16.3. The van der Waals surface area contributed by atoms with E-state index in [9.17, 15) is 0 Å². The second kappa shape index (κ2) is 16.7. The molecule has 0 unspecified atom stereocenters. The highest BCUT2D eigenvalue weighted by Crippen LogP contribution is 2.43. The normalized spacial score (nSPS) is 11.7. The molecule has 14 rings (SSSR count). The van der Waals surface area contributed by atoms with Crippen LogP contribution in [-0.2, 0) is 0 Å². The van der Waals surface area contributed by atoms with Gasteiger partial charge in [-0.25, -0.2) is 0 Å². The molecular formula is C68H44N2O. The van der Waals surface area contributed by atoms with Crippen LogP contribution in [0.5, 0.6) is 0 Å². The summed E-state index contributed by atoms with van der Waals surface area (Å²) in [7, 11) is 0. The van der Waals surface area contributed by atoms with E-state index < -0.39 is 0 Å². The largest absolute Gasteiger partial charge is 0.456 e. The zero-order chi connectivity index (χ0) is 46.8. The number of hydrogen-bond acceptors (Lipinski definition) is 2. The molecular weight excluding hydrogens is 861 g/mol. The van der Waals surface area contributed by atoms with E-state index in [0.29, 0.717) is 0 Å². The maximum atomic E-state index is 6.36. The van der Waals surface area contributed by atoms with Gasteiger partial charge < -0.3 is 13.9 Å². The molecule has 0 saturated carbocycles. The lowest BCUT2D eigenvalue weighted by molar-refractivity contribution is 0.669. The van der Waals surface area contributed by atoms with Gasteiger partial charge in [0.2, 0.25) is 0 Å². The zero-order valence-electron chi connectivity index (χ0n) is 38.7. The predicted molar refractivity (Wildman–Crippen MR) is 299 cm³/mol. The summed E-state index contributed by atoms with van der Waals surface area (Å²) in [4.78, 5) is 2.39. The first kappa shape index (κ1) is 40.6. The van der Waals surface area contributed by atoms with Crippen LogP contribution in [0.15, 0.2) is 271 Å². The van der Waals surface area contributed by atoms with Crippen molar-refractivity contribution < 1.29 is 4.42 Å². The number of furan rings is 1. The fourth-order valence-electron chi connectivity index (χ4n) is 11.1. The second-order valence-corrected chi connectivity index (χ2v) is 18.5. The zero-order valence-corrected chi connectivity index (χ0v) is 38.7. The third kappa shape index (κ3) is 6.89. The minimum absolute atomic E-state index is 0.886. The Bertz CT molecular complexity index is 4310. The summed E-state index contributed by atoms with van der Waals surface area (Å²) in [6.45, 7) is 0. The fraction of sp³-hybridized carbons (Fsp3) is 0. The van der Waals surface area contributed by atoms with Gasteiger partial charge in [0.15, 0.2) is 0 Å². The maximum absolute atomic E-state index is 6.36. The van der Waals surface area contributed by atoms with Gasteiger partial charge in [-0.2, -0.15) is 0 Å². The molecule has 3 nitrogen and oxygen atoms in total. The van der Waals surface area contributed by atoms with Crippen molar-refractivity contribution in [2.24, 2.45) is 0 Å². The Balaban J connectivity index is 0.874. The molecule has 0 aliphatic rings. The van der Waals surface area contributed by atoms with Crippen molar-refractivity contribution in [1.82, 2.24) is 4.57 Å². The number of benzene rings is 12. The third-order valence-corrected chi connectivity index (χ3v) is 14.3. The molecule has 71 heavy (non-hydrogen) atoms. The van der Waals surface area contributed by atoms with Crippen molar-refractivity contribution in [2.75, 3.05) is 4.90 Å². The molecule has 2 heterocycles. The highest BCUT2D eigenvalue weighted by Gasteiger charge is 2.19. The quantitative estimate of drug-likeness (QED) is 0.142. The number of anilines is 3. The molecule has 0 aliphatic heterocycles. The van der Waals surface area contributed by atoms with E-state index in [1.165, 1.54) is 60.0 Å². The van der Waals surface area contributed by atoms with E-state index in [1.54, 1.807) is 0 Å². The average molecular weight is 905 g/mol. The van der Waals surface area contributed by atoms with Crippen molar-refractivity contribution in [3.63, 3.8) is 0 Å². The van der Waals surface area contributed by atoms with Crippen LogP contribution >= 0.6 is 0 Å². The molecule has 0 N–H and O–H groups in total. The fourth-order valence-corrected chi connectivity index (χ4v) is 11.1. The minimum atomic E-state index is 0.886. The number of para-hydroxylation sites is 3. The summed E-state index contributed by atoms with van der Waals surface area (Å²) in [5.74, 6) is 0. The first-order chi connectivity index (χ1) is 35.2. The molecule has 0 atom stereocenters. The van der Waals surface area contributed by atoms with Crippen LogP contribution in [0.2, 0.25) is 0 Å². The Morgan fingerprint density at radius 1 is 0.282 bits per heavy atom. The van der Waals surface area contributed by atoms with Gasteiger partial charge >= 0.3 is 0 Å². The van der Waals surface area contributed by atoms with Gasteiger partial charge in [-0.1, -0.05) is 182 Å². The first-order valence-electron chi connectivity index (χ1n) is 24.3. The monoisotopic (exact) mass is 904 g/mol. The Hall–Kier alpha value is -9.44. The number of rotatable bonds is 8. The first-order valence-corrected chi connectivity index (χ1v) is 24.3. The highest BCUT2D eigenvalue weighted by molar-refractivity contribution is 6.15. The van der Waals surface area contributed by atoms with E-state index in [1.807, 2.05) is 6.07 Å². The smallest absolute Gasteiger partial charge is 0.136 e. The number of hydrogen-bond donors (Lipinski definition) is 0. The van der Waals surface area contributed by atoms with E-state index in [-0.39, 0.29) is 0 Å². The molecule has 0 fully saturated rings. The molecule has 0 aliphatic carbocycles. The van der Waals surface area contributed by atoms with E-state index in [2.05, 4.69) is 270 Å². The SMILES string of the molecule is c1cc(-c2ccc(N(c3cccc(-c4cc5ccccc5c5ccccc45)c3)c3cccc(-c4cccc5oc6ccccc6c45)c3)cc2)cc(-c2cccc(-n3c4ccccc4c4ccccc43)c2)c1. The molecule has 14 aromatic rings. The van der Waals surface area contributed by atoms with Gasteiger partial charge in [0, 0.05) is 44.3 Å². The van der Waals surface area contributed by atoms with Gasteiger partial charge in [-0.15, -0.1) is 0 Å². The van der Waals surface area contributed by atoms with Crippen molar-refractivity contribution in [2.45, 2.75) is 0 Å². The summed E-state index contributed by atoms with van der Waals surface area (Å²) in [6.07, 6.45) is 0. The van der Waals surface area contributed by atoms with Gasteiger partial charge in [0.1, 0.15) is 11.2 Å². The molecule has 3 heteroatoms. The molecule has 12 aromatic carbocycles. The lowest BCUT2D eigenvalue weighted by atomic mass is 9.93. The topological polar surface area (TPSA) is 21.3 Å². The summed E-state index contributed by atoms with van der Waals surface area (Å²) >= 11 is 0. The van der Waals surface area contributed by atoms with Crippen LogP contribution in [0, 0.1) is 0 Å². The molecule has 0 bridgehead atoms. The van der Waals surface area contributed by atoms with E-state index >= 15 is 0 Å². The molecule has 0 saturated heterocycles. The second-order valence-electron chi connectivity index (χ2n) is 18.5. The lowest BCUT2D eigenvalue weighted by Gasteiger charge is -2.27. The molecule has 0 spiro atoms.